The summed E-state index contributed by atoms with van der Waals surface area (Å²) in [6.45, 7) is 2.45. The lowest BCUT2D eigenvalue weighted by Gasteiger charge is -2.19. The van der Waals surface area contributed by atoms with Crippen molar-refractivity contribution in [3.05, 3.63) is 22.7 Å². The van der Waals surface area contributed by atoms with Crippen molar-refractivity contribution in [2.75, 3.05) is 24.5 Å². The van der Waals surface area contributed by atoms with Crippen molar-refractivity contribution in [3.8, 4) is 0 Å². The van der Waals surface area contributed by atoms with E-state index in [4.69, 9.17) is 11.6 Å². The number of nitrogens with zero attached hydrogens (tertiary/aromatic N) is 1. The second-order valence-corrected chi connectivity index (χ2v) is 9.08. The maximum Gasteiger partial charge on any atom is 0.471 e. The Morgan fingerprint density at radius 3 is 2.56 bits per heavy atom. The van der Waals surface area contributed by atoms with Crippen LogP contribution in [0.3, 0.4) is 0 Å². The molecular weight excluding hydrogens is 407 g/mol. The zero-order valence-corrected chi connectivity index (χ0v) is 16.1. The van der Waals surface area contributed by atoms with Crippen LogP contribution in [-0.4, -0.2) is 45.7 Å². The number of rotatable bonds is 6. The van der Waals surface area contributed by atoms with Crippen LogP contribution in [0.2, 0.25) is 5.02 Å². The van der Waals surface area contributed by atoms with E-state index in [1.54, 1.807) is 0 Å². The van der Waals surface area contributed by atoms with Crippen LogP contribution in [0.25, 0.3) is 0 Å². The third-order valence-electron chi connectivity index (χ3n) is 4.81. The number of sulfonamides is 1. The van der Waals surface area contributed by atoms with Gasteiger partial charge in [0.15, 0.2) is 0 Å². The molecule has 1 aliphatic carbocycles. The van der Waals surface area contributed by atoms with E-state index < -0.39 is 22.1 Å². The van der Waals surface area contributed by atoms with Crippen LogP contribution in [0, 0.1) is 0 Å². The summed E-state index contributed by atoms with van der Waals surface area (Å²) in [5.74, 6) is -1.99. The van der Waals surface area contributed by atoms with Crippen molar-refractivity contribution in [1.29, 1.82) is 0 Å². The minimum absolute atomic E-state index is 0.00963. The van der Waals surface area contributed by atoms with Crippen molar-refractivity contribution in [3.63, 3.8) is 0 Å². The zero-order chi connectivity index (χ0) is 20.0. The van der Waals surface area contributed by atoms with Gasteiger partial charge in [0.1, 0.15) is 4.90 Å². The van der Waals surface area contributed by atoms with Crippen molar-refractivity contribution in [1.82, 2.24) is 10.0 Å². The molecule has 150 valence electrons. The Morgan fingerprint density at radius 2 is 1.96 bits per heavy atom. The number of halogens is 4. The molecule has 0 saturated heterocycles. The number of hydrogen-bond acceptors (Lipinski definition) is 4. The van der Waals surface area contributed by atoms with Crippen molar-refractivity contribution >= 4 is 33.2 Å². The standard InChI is InChI=1S/C16H19ClF3N3O3S/c1-15(5-6-15)21-7-8-22-27(25,26)12-3-2-11-10(13(12)17)4-9-23(11)14(24)16(18,19)20/h2-3,21-22H,4-9H2,1H3. The summed E-state index contributed by atoms with van der Waals surface area (Å²) >= 11 is 6.16. The first-order chi connectivity index (χ1) is 12.4. The molecule has 1 aromatic rings. The van der Waals surface area contributed by atoms with Gasteiger partial charge in [0.2, 0.25) is 10.0 Å². The van der Waals surface area contributed by atoms with Gasteiger partial charge in [-0.25, -0.2) is 13.1 Å². The van der Waals surface area contributed by atoms with E-state index in [0.717, 1.165) is 18.9 Å². The molecule has 1 aliphatic heterocycles. The first-order valence-corrected chi connectivity index (χ1v) is 10.3. The number of carbonyl (C=O) groups is 1. The van der Waals surface area contributed by atoms with Gasteiger partial charge < -0.3 is 10.2 Å². The molecule has 1 heterocycles. The Hall–Kier alpha value is -1.36. The Morgan fingerprint density at radius 1 is 1.30 bits per heavy atom. The van der Waals surface area contributed by atoms with Crippen molar-refractivity contribution < 1.29 is 26.4 Å². The topological polar surface area (TPSA) is 78.5 Å². The zero-order valence-electron chi connectivity index (χ0n) is 14.5. The van der Waals surface area contributed by atoms with Gasteiger partial charge in [-0.05, 0) is 43.9 Å². The van der Waals surface area contributed by atoms with Crippen LogP contribution < -0.4 is 14.9 Å². The summed E-state index contributed by atoms with van der Waals surface area (Å²) in [6, 6.07) is 2.32. The van der Waals surface area contributed by atoms with Crippen LogP contribution >= 0.6 is 11.6 Å². The number of carbonyl (C=O) groups excluding carboxylic acids is 1. The van der Waals surface area contributed by atoms with Crippen LogP contribution in [-0.2, 0) is 21.2 Å². The van der Waals surface area contributed by atoms with Gasteiger partial charge in [0, 0.05) is 30.9 Å². The third kappa shape index (κ3) is 4.23. The first kappa shape index (κ1) is 20.4. The molecule has 0 radical (unpaired) electrons. The van der Waals surface area contributed by atoms with Gasteiger partial charge in [0.25, 0.3) is 0 Å². The Balaban J connectivity index is 1.75. The fourth-order valence-electron chi connectivity index (χ4n) is 2.99. The number of amides is 1. The fraction of sp³-hybridized carbons (Fsp3) is 0.562. The molecule has 6 nitrogen and oxygen atoms in total. The molecule has 0 spiro atoms. The Bertz CT molecular complexity index is 870. The van der Waals surface area contributed by atoms with Crippen molar-refractivity contribution in [2.24, 2.45) is 0 Å². The third-order valence-corrected chi connectivity index (χ3v) is 6.85. The van der Waals surface area contributed by atoms with Crippen LogP contribution in [0.4, 0.5) is 18.9 Å². The van der Waals surface area contributed by atoms with Crippen LogP contribution in [0.5, 0.6) is 0 Å². The smallest absolute Gasteiger partial charge is 0.310 e. The second-order valence-electron chi connectivity index (χ2n) is 6.97. The van der Waals surface area contributed by atoms with Gasteiger partial charge in [0.05, 0.1) is 5.02 Å². The summed E-state index contributed by atoms with van der Waals surface area (Å²) in [5.41, 5.74) is 0.288. The molecule has 1 fully saturated rings. The predicted octanol–water partition coefficient (Wildman–Crippen LogP) is 2.21. The van der Waals surface area contributed by atoms with E-state index in [1.807, 2.05) is 6.92 Å². The minimum atomic E-state index is -5.01. The predicted molar refractivity (Wildman–Crippen MR) is 94.4 cm³/mol. The van der Waals surface area contributed by atoms with Gasteiger partial charge >= 0.3 is 12.1 Å². The number of benzene rings is 1. The molecule has 0 atom stereocenters. The molecule has 0 unspecified atom stereocenters. The highest BCUT2D eigenvalue weighted by Crippen LogP contribution is 2.39. The molecule has 3 rings (SSSR count). The molecule has 1 saturated carbocycles. The summed E-state index contributed by atoms with van der Waals surface area (Å²) in [6.07, 6.45) is -2.86. The van der Waals surface area contributed by atoms with E-state index in [-0.39, 0.29) is 46.2 Å². The van der Waals surface area contributed by atoms with Gasteiger partial charge in [-0.3, -0.25) is 4.79 Å². The van der Waals surface area contributed by atoms with Crippen LogP contribution in [0.1, 0.15) is 25.3 Å². The lowest BCUT2D eigenvalue weighted by molar-refractivity contribution is -0.170. The monoisotopic (exact) mass is 425 g/mol. The molecule has 0 bridgehead atoms. The van der Waals surface area contributed by atoms with Crippen LogP contribution in [0.15, 0.2) is 17.0 Å². The highest BCUT2D eigenvalue weighted by Gasteiger charge is 2.45. The fourth-order valence-corrected chi connectivity index (χ4v) is 4.68. The van der Waals surface area contributed by atoms with E-state index in [0.29, 0.717) is 11.4 Å². The highest BCUT2D eigenvalue weighted by molar-refractivity contribution is 7.89. The summed E-state index contributed by atoms with van der Waals surface area (Å²) < 4.78 is 65.5. The Labute approximate surface area is 160 Å². The quantitative estimate of drug-likeness (QED) is 0.685. The first-order valence-electron chi connectivity index (χ1n) is 8.39. The van der Waals surface area contributed by atoms with E-state index in [9.17, 15) is 26.4 Å². The maximum atomic E-state index is 12.7. The lowest BCUT2D eigenvalue weighted by Crippen LogP contribution is -2.40. The molecule has 1 aromatic carbocycles. The number of hydrogen-bond donors (Lipinski definition) is 2. The largest absolute Gasteiger partial charge is 0.471 e. The number of anilines is 1. The van der Waals surface area contributed by atoms with Gasteiger partial charge in [-0.2, -0.15) is 13.2 Å². The SMILES string of the molecule is CC1(NCCNS(=O)(=O)c2ccc3c(c2Cl)CCN3C(=O)C(F)(F)F)CC1. The van der Waals surface area contributed by atoms with Crippen molar-refractivity contribution in [2.45, 2.75) is 42.8 Å². The number of alkyl halides is 3. The normalized spacial score (nSPS) is 18.5. The summed E-state index contributed by atoms with van der Waals surface area (Å²) in [7, 11) is -3.92. The summed E-state index contributed by atoms with van der Waals surface area (Å²) in [5, 5.41) is 3.08. The highest BCUT2D eigenvalue weighted by atomic mass is 35.5. The number of nitrogens with one attached hydrogen (secondary N) is 2. The Kier molecular flexibility index (Phi) is 5.21. The lowest BCUT2D eigenvalue weighted by atomic mass is 10.2. The average molecular weight is 426 g/mol. The molecular formula is C16H19ClF3N3O3S. The maximum absolute atomic E-state index is 12.7. The minimum Gasteiger partial charge on any atom is -0.310 e. The number of fused-ring (bicyclic) bond motifs is 1. The second kappa shape index (κ2) is 6.91. The molecule has 11 heteroatoms. The molecule has 2 N–H and O–H groups in total. The van der Waals surface area contributed by atoms with E-state index in [1.165, 1.54) is 6.07 Å². The molecule has 1 amide bonds. The van der Waals surface area contributed by atoms with Gasteiger partial charge in [-0.1, -0.05) is 11.6 Å². The molecule has 27 heavy (non-hydrogen) atoms. The molecule has 2 aliphatic rings. The average Bonchev–Trinajstić information content (AvgIpc) is 3.14. The van der Waals surface area contributed by atoms with E-state index in [2.05, 4.69) is 10.0 Å². The molecule has 0 aromatic heterocycles. The van der Waals surface area contributed by atoms with Gasteiger partial charge in [-0.15, -0.1) is 0 Å². The summed E-state index contributed by atoms with van der Waals surface area (Å²) in [4.78, 5) is 11.9. The van der Waals surface area contributed by atoms with E-state index >= 15 is 0 Å².